The molecule has 132 valence electrons. The third kappa shape index (κ3) is 3.14. The number of hydrogen-bond acceptors (Lipinski definition) is 5. The summed E-state index contributed by atoms with van der Waals surface area (Å²) in [5.74, 6) is 1.80. The number of hydrogen-bond donors (Lipinski definition) is 1. The second kappa shape index (κ2) is 7.27. The smallest absolute Gasteiger partial charge is 0.166 e. The van der Waals surface area contributed by atoms with E-state index in [0.717, 1.165) is 33.3 Å². The highest BCUT2D eigenvalue weighted by Gasteiger charge is 2.18. The van der Waals surface area contributed by atoms with Crippen molar-refractivity contribution < 1.29 is 4.42 Å². The summed E-state index contributed by atoms with van der Waals surface area (Å²) < 4.78 is 8.61. The van der Waals surface area contributed by atoms with E-state index in [1.165, 1.54) is 16.5 Å². The number of nitrogens with one attached hydrogen (secondary N) is 1. The molecule has 0 radical (unpaired) electrons. The van der Waals surface area contributed by atoms with E-state index in [4.69, 9.17) is 14.5 Å². The first kappa shape index (κ1) is 17.5. The molecule has 0 saturated heterocycles. The van der Waals surface area contributed by atoms with Gasteiger partial charge >= 0.3 is 0 Å². The summed E-state index contributed by atoms with van der Waals surface area (Å²) in [6, 6.07) is 5.99. The molecule has 0 atom stereocenters. The molecule has 4 heterocycles. The minimum atomic E-state index is 0.627. The molecule has 0 saturated carbocycles. The second-order valence-corrected chi connectivity index (χ2v) is 6.64. The van der Waals surface area contributed by atoms with Gasteiger partial charge in [-0.3, -0.25) is 4.68 Å². The summed E-state index contributed by atoms with van der Waals surface area (Å²) in [6.45, 7) is 11.8. The lowest BCUT2D eigenvalue weighted by molar-refractivity contribution is 0.517. The number of rotatable bonds is 4. The first-order valence-electron chi connectivity index (χ1n) is 8.71. The number of thiophene rings is 1. The molecule has 0 bridgehead atoms. The highest BCUT2D eigenvalue weighted by Crippen LogP contribution is 2.39. The van der Waals surface area contributed by atoms with Gasteiger partial charge in [0.25, 0.3) is 0 Å². The predicted molar refractivity (Wildman–Crippen MR) is 105 cm³/mol. The number of furan rings is 1. The van der Waals surface area contributed by atoms with Crippen LogP contribution in [-0.2, 0) is 13.1 Å². The van der Waals surface area contributed by atoms with E-state index in [-0.39, 0.29) is 0 Å². The van der Waals surface area contributed by atoms with Gasteiger partial charge in [-0.25, -0.2) is 4.98 Å². The lowest BCUT2D eigenvalue weighted by Crippen LogP contribution is -2.01. The zero-order valence-electron chi connectivity index (χ0n) is 15.4. The summed E-state index contributed by atoms with van der Waals surface area (Å²) in [4.78, 5) is 5.79. The minimum absolute atomic E-state index is 0.627. The normalized spacial score (nSPS) is 10.9. The zero-order chi connectivity index (χ0) is 18.0. The summed E-state index contributed by atoms with van der Waals surface area (Å²) in [7, 11) is 0. The molecule has 0 aliphatic rings. The third-order valence-electron chi connectivity index (χ3n) is 3.97. The van der Waals surface area contributed by atoms with Gasteiger partial charge in [0.05, 0.1) is 23.0 Å². The molecular weight excluding hydrogens is 332 g/mol. The number of aryl methyl sites for hydroxylation is 3. The topological polar surface area (TPSA) is 55.9 Å². The van der Waals surface area contributed by atoms with E-state index >= 15 is 0 Å². The van der Waals surface area contributed by atoms with Crippen LogP contribution in [0.5, 0.6) is 0 Å². The Labute approximate surface area is 151 Å². The second-order valence-electron chi connectivity index (χ2n) is 5.64. The van der Waals surface area contributed by atoms with Crippen LogP contribution in [0.3, 0.4) is 0 Å². The van der Waals surface area contributed by atoms with E-state index < -0.39 is 0 Å². The fourth-order valence-corrected chi connectivity index (χ4v) is 4.23. The van der Waals surface area contributed by atoms with Crippen LogP contribution >= 0.6 is 11.3 Å². The largest absolute Gasteiger partial charge is 0.467 e. The van der Waals surface area contributed by atoms with Gasteiger partial charge < -0.3 is 9.73 Å². The Morgan fingerprint density at radius 1 is 1.28 bits per heavy atom. The number of pyridine rings is 1. The summed E-state index contributed by atoms with van der Waals surface area (Å²) >= 11 is 1.70. The highest BCUT2D eigenvalue weighted by atomic mass is 32.1. The van der Waals surface area contributed by atoms with Gasteiger partial charge in [0.15, 0.2) is 5.82 Å². The Morgan fingerprint density at radius 2 is 2.08 bits per heavy atom. The van der Waals surface area contributed by atoms with Crippen molar-refractivity contribution in [1.29, 1.82) is 0 Å². The number of nitrogens with zero attached hydrogens (tertiary/aromatic N) is 3. The number of fused-ring (bicyclic) bond motifs is 3. The molecular formula is C19H24N4OS. The maximum Gasteiger partial charge on any atom is 0.166 e. The molecule has 0 spiro atoms. The average Bonchev–Trinajstić information content (AvgIpc) is 3.30. The summed E-state index contributed by atoms with van der Waals surface area (Å²) in [5, 5.41) is 9.34. The SMILES string of the molecule is CC.CCn1nc(NCc2ccco2)c2sc3nc(C)cc(C)c3c21. The van der Waals surface area contributed by atoms with Crippen molar-refractivity contribution in [2.24, 2.45) is 0 Å². The van der Waals surface area contributed by atoms with Gasteiger partial charge in [0, 0.05) is 17.6 Å². The van der Waals surface area contributed by atoms with Crippen LogP contribution < -0.4 is 5.32 Å². The number of anilines is 1. The van der Waals surface area contributed by atoms with Gasteiger partial charge in [-0.2, -0.15) is 5.10 Å². The third-order valence-corrected chi connectivity index (χ3v) is 5.05. The maximum absolute atomic E-state index is 5.39. The van der Waals surface area contributed by atoms with Gasteiger partial charge in [0.2, 0.25) is 0 Å². The van der Waals surface area contributed by atoms with Crippen LogP contribution in [0, 0.1) is 13.8 Å². The van der Waals surface area contributed by atoms with Crippen LogP contribution in [0.1, 0.15) is 37.8 Å². The van der Waals surface area contributed by atoms with E-state index in [1.807, 2.05) is 32.9 Å². The molecule has 25 heavy (non-hydrogen) atoms. The van der Waals surface area contributed by atoms with Gasteiger partial charge in [-0.1, -0.05) is 13.8 Å². The Balaban J connectivity index is 0.000000880. The highest BCUT2D eigenvalue weighted by molar-refractivity contribution is 7.26. The van der Waals surface area contributed by atoms with E-state index in [0.29, 0.717) is 6.54 Å². The van der Waals surface area contributed by atoms with E-state index in [9.17, 15) is 0 Å². The molecule has 0 aromatic carbocycles. The van der Waals surface area contributed by atoms with Gasteiger partial charge in [-0.05, 0) is 44.5 Å². The van der Waals surface area contributed by atoms with Crippen LogP contribution in [0.2, 0.25) is 0 Å². The van der Waals surface area contributed by atoms with Crippen molar-refractivity contribution in [3.05, 3.63) is 41.5 Å². The monoisotopic (exact) mass is 356 g/mol. The minimum Gasteiger partial charge on any atom is -0.467 e. The van der Waals surface area contributed by atoms with Crippen molar-refractivity contribution >= 4 is 37.6 Å². The standard InChI is InChI=1S/C17H18N4OS.C2H6/c1-4-21-14-13-10(2)8-11(3)19-17(13)23-15(14)16(20-21)18-9-12-6-5-7-22-12;1-2/h5-8H,4,9H2,1-3H3,(H,18,20);1-2H3. The molecule has 0 fully saturated rings. The first-order chi connectivity index (χ1) is 12.2. The van der Waals surface area contributed by atoms with Crippen LogP contribution in [0.25, 0.3) is 20.4 Å². The van der Waals surface area contributed by atoms with Crippen LogP contribution in [0.15, 0.2) is 28.9 Å². The summed E-state index contributed by atoms with van der Waals surface area (Å²) in [5.41, 5.74) is 3.49. The van der Waals surface area contributed by atoms with Crippen molar-refractivity contribution in [2.45, 2.75) is 47.7 Å². The molecule has 4 rings (SSSR count). The van der Waals surface area contributed by atoms with Crippen molar-refractivity contribution in [3.63, 3.8) is 0 Å². The van der Waals surface area contributed by atoms with Gasteiger partial charge in [0.1, 0.15) is 10.6 Å². The van der Waals surface area contributed by atoms with Crippen molar-refractivity contribution in [3.8, 4) is 0 Å². The zero-order valence-corrected chi connectivity index (χ0v) is 16.2. The predicted octanol–water partition coefficient (Wildman–Crippen LogP) is 5.51. The fourth-order valence-electron chi connectivity index (χ4n) is 2.97. The molecule has 0 amide bonds. The Bertz CT molecular complexity index is 982. The fraction of sp³-hybridized carbons (Fsp3) is 0.368. The molecule has 1 N–H and O–H groups in total. The first-order valence-corrected chi connectivity index (χ1v) is 9.52. The van der Waals surface area contributed by atoms with E-state index in [2.05, 4.69) is 29.9 Å². The van der Waals surface area contributed by atoms with Crippen molar-refractivity contribution in [2.75, 3.05) is 5.32 Å². The maximum atomic E-state index is 5.39. The molecule has 0 aliphatic carbocycles. The Kier molecular flexibility index (Phi) is 5.08. The molecule has 5 nitrogen and oxygen atoms in total. The quantitative estimate of drug-likeness (QED) is 0.523. The lowest BCUT2D eigenvalue weighted by Gasteiger charge is -2.02. The van der Waals surface area contributed by atoms with Crippen LogP contribution in [-0.4, -0.2) is 14.8 Å². The van der Waals surface area contributed by atoms with Crippen LogP contribution in [0.4, 0.5) is 5.82 Å². The van der Waals surface area contributed by atoms with Crippen molar-refractivity contribution in [1.82, 2.24) is 14.8 Å². The van der Waals surface area contributed by atoms with E-state index in [1.54, 1.807) is 17.6 Å². The molecule has 4 aromatic heterocycles. The molecule has 6 heteroatoms. The molecule has 0 aliphatic heterocycles. The lowest BCUT2D eigenvalue weighted by atomic mass is 10.1. The average molecular weight is 356 g/mol. The summed E-state index contributed by atoms with van der Waals surface area (Å²) in [6.07, 6.45) is 1.69. The Hall–Kier alpha value is -2.34. The Morgan fingerprint density at radius 3 is 2.76 bits per heavy atom. The molecule has 4 aromatic rings. The van der Waals surface area contributed by atoms with Gasteiger partial charge in [-0.15, -0.1) is 11.3 Å². The number of aromatic nitrogens is 3. The molecule has 0 unspecified atom stereocenters.